The van der Waals surface area contributed by atoms with Gasteiger partial charge in [0.15, 0.2) is 0 Å². The van der Waals surface area contributed by atoms with E-state index in [-0.39, 0.29) is 32.2 Å². The van der Waals surface area contributed by atoms with Gasteiger partial charge < -0.3 is 14.7 Å². The van der Waals surface area contributed by atoms with Gasteiger partial charge in [0, 0.05) is 19.0 Å². The number of aliphatic hydroxyl groups is 1. The van der Waals surface area contributed by atoms with E-state index in [1.165, 1.54) is 27.2 Å². The standard InChI is InChI=1S/C20H18N2O3/c21-10-20(13-23)11-22(12-20)19(24)25-9-18-16-7-3-1-5-14(16)15-6-2-4-8-17(15)18/h1-8,18,23H,9,11-13H2. The number of aliphatic hydroxyl groups excluding tert-OH is 1. The molecule has 1 amide bonds. The fraction of sp³-hybridized carbons (Fsp3) is 0.300. The van der Waals surface area contributed by atoms with Crippen molar-refractivity contribution in [2.75, 3.05) is 26.3 Å². The van der Waals surface area contributed by atoms with Crippen LogP contribution in [0.3, 0.4) is 0 Å². The first-order valence-electron chi connectivity index (χ1n) is 8.29. The molecule has 4 rings (SSSR count). The summed E-state index contributed by atoms with van der Waals surface area (Å²) in [5.74, 6) is 0.0243. The first-order chi connectivity index (χ1) is 12.2. The van der Waals surface area contributed by atoms with E-state index in [2.05, 4.69) is 30.3 Å². The van der Waals surface area contributed by atoms with Gasteiger partial charge in [0.25, 0.3) is 0 Å². The van der Waals surface area contributed by atoms with Crippen molar-refractivity contribution in [3.63, 3.8) is 0 Å². The Balaban J connectivity index is 1.47. The third-order valence-corrected chi connectivity index (χ3v) is 5.12. The molecule has 1 heterocycles. The molecule has 0 spiro atoms. The van der Waals surface area contributed by atoms with Gasteiger partial charge >= 0.3 is 6.09 Å². The summed E-state index contributed by atoms with van der Waals surface area (Å²) in [6.45, 7) is 0.464. The van der Waals surface area contributed by atoms with Crippen LogP contribution in [0.4, 0.5) is 4.79 Å². The third kappa shape index (κ3) is 2.46. The van der Waals surface area contributed by atoms with Gasteiger partial charge in [0.2, 0.25) is 0 Å². The molecule has 0 atom stereocenters. The van der Waals surface area contributed by atoms with Crippen LogP contribution in [0.2, 0.25) is 0 Å². The molecule has 0 bridgehead atoms. The van der Waals surface area contributed by atoms with Gasteiger partial charge in [0.05, 0.1) is 12.7 Å². The highest BCUT2D eigenvalue weighted by Gasteiger charge is 2.46. The van der Waals surface area contributed by atoms with Crippen molar-refractivity contribution in [2.45, 2.75) is 5.92 Å². The number of carbonyl (C=O) groups is 1. The molecule has 1 N–H and O–H groups in total. The van der Waals surface area contributed by atoms with Crippen molar-refractivity contribution in [1.29, 1.82) is 5.26 Å². The van der Waals surface area contributed by atoms with E-state index >= 15 is 0 Å². The van der Waals surface area contributed by atoms with Crippen molar-refractivity contribution in [2.24, 2.45) is 5.41 Å². The highest BCUT2D eigenvalue weighted by molar-refractivity contribution is 5.79. The van der Waals surface area contributed by atoms with E-state index < -0.39 is 11.5 Å². The van der Waals surface area contributed by atoms with Crippen molar-refractivity contribution in [1.82, 2.24) is 4.90 Å². The molecule has 2 aliphatic rings. The Labute approximate surface area is 146 Å². The molecule has 25 heavy (non-hydrogen) atoms. The van der Waals surface area contributed by atoms with Gasteiger partial charge in [-0.15, -0.1) is 0 Å². The second kappa shape index (κ2) is 5.91. The summed E-state index contributed by atoms with van der Waals surface area (Å²) in [5, 5.41) is 18.3. The molecule has 2 aromatic carbocycles. The fourth-order valence-corrected chi connectivity index (χ4v) is 3.70. The Morgan fingerprint density at radius 2 is 1.72 bits per heavy atom. The molecule has 1 aliphatic carbocycles. The molecule has 1 aliphatic heterocycles. The van der Waals surface area contributed by atoms with Gasteiger partial charge in [-0.1, -0.05) is 48.5 Å². The van der Waals surface area contributed by atoms with E-state index in [1.54, 1.807) is 0 Å². The minimum Gasteiger partial charge on any atom is -0.448 e. The topological polar surface area (TPSA) is 73.6 Å². The maximum atomic E-state index is 12.2. The molecule has 5 heteroatoms. The number of hydrogen-bond donors (Lipinski definition) is 1. The summed E-state index contributed by atoms with van der Waals surface area (Å²) in [6.07, 6.45) is -0.429. The number of likely N-dealkylation sites (tertiary alicyclic amines) is 1. The van der Waals surface area contributed by atoms with E-state index in [0.29, 0.717) is 0 Å². The number of amides is 1. The number of fused-ring (bicyclic) bond motifs is 3. The van der Waals surface area contributed by atoms with Crippen LogP contribution >= 0.6 is 0 Å². The highest BCUT2D eigenvalue weighted by atomic mass is 16.6. The minimum absolute atomic E-state index is 0.0243. The molecular weight excluding hydrogens is 316 g/mol. The lowest BCUT2D eigenvalue weighted by molar-refractivity contribution is -0.00292. The number of benzene rings is 2. The summed E-state index contributed by atoms with van der Waals surface area (Å²) in [6, 6.07) is 18.4. The van der Waals surface area contributed by atoms with Crippen LogP contribution in [-0.2, 0) is 4.74 Å². The maximum absolute atomic E-state index is 12.2. The molecule has 0 radical (unpaired) electrons. The smallest absolute Gasteiger partial charge is 0.409 e. The third-order valence-electron chi connectivity index (χ3n) is 5.12. The molecule has 1 fully saturated rings. The number of nitrogens with zero attached hydrogens (tertiary/aromatic N) is 2. The fourth-order valence-electron chi connectivity index (χ4n) is 3.70. The monoisotopic (exact) mass is 334 g/mol. The van der Waals surface area contributed by atoms with Crippen LogP contribution in [0.25, 0.3) is 11.1 Å². The van der Waals surface area contributed by atoms with E-state index in [1.807, 2.05) is 24.3 Å². The van der Waals surface area contributed by atoms with E-state index in [0.717, 1.165) is 0 Å². The number of hydrogen-bond acceptors (Lipinski definition) is 4. The second-order valence-electron chi connectivity index (χ2n) is 6.71. The van der Waals surface area contributed by atoms with Crippen LogP contribution in [0.1, 0.15) is 17.0 Å². The molecule has 5 nitrogen and oxygen atoms in total. The van der Waals surface area contributed by atoms with Gasteiger partial charge in [-0.3, -0.25) is 0 Å². The van der Waals surface area contributed by atoms with Crippen LogP contribution in [0.5, 0.6) is 0 Å². The summed E-state index contributed by atoms with van der Waals surface area (Å²) in [5.41, 5.74) is 3.88. The van der Waals surface area contributed by atoms with Crippen LogP contribution in [0, 0.1) is 16.7 Å². The Bertz CT molecular complexity index is 820. The first-order valence-corrected chi connectivity index (χ1v) is 8.29. The van der Waals surface area contributed by atoms with Crippen LogP contribution in [-0.4, -0.2) is 42.4 Å². The molecule has 0 saturated carbocycles. The molecule has 126 valence electrons. The molecule has 0 aromatic heterocycles. The zero-order valence-corrected chi connectivity index (χ0v) is 13.7. The molecular formula is C20H18N2O3. The maximum Gasteiger partial charge on any atom is 0.409 e. The van der Waals surface area contributed by atoms with Gasteiger partial charge in [-0.25, -0.2) is 4.79 Å². The molecule has 2 aromatic rings. The number of nitriles is 1. The van der Waals surface area contributed by atoms with Crippen molar-refractivity contribution >= 4 is 6.09 Å². The Kier molecular flexibility index (Phi) is 3.70. The zero-order chi connectivity index (χ0) is 17.4. The first kappa shape index (κ1) is 15.7. The van der Waals surface area contributed by atoms with E-state index in [4.69, 9.17) is 10.00 Å². The average molecular weight is 334 g/mol. The quantitative estimate of drug-likeness (QED) is 0.937. The lowest BCUT2D eigenvalue weighted by atomic mass is 9.83. The predicted octanol–water partition coefficient (Wildman–Crippen LogP) is 2.75. The predicted molar refractivity (Wildman–Crippen MR) is 91.8 cm³/mol. The van der Waals surface area contributed by atoms with Crippen molar-refractivity contribution in [3.8, 4) is 17.2 Å². The largest absolute Gasteiger partial charge is 0.448 e. The average Bonchev–Trinajstić information content (AvgIpc) is 2.94. The summed E-state index contributed by atoms with van der Waals surface area (Å²) in [4.78, 5) is 13.7. The van der Waals surface area contributed by atoms with Gasteiger partial charge in [-0.2, -0.15) is 5.26 Å². The zero-order valence-electron chi connectivity index (χ0n) is 13.7. The van der Waals surface area contributed by atoms with Gasteiger partial charge in [-0.05, 0) is 22.3 Å². The minimum atomic E-state index is -0.828. The number of rotatable bonds is 3. The Morgan fingerprint density at radius 1 is 1.16 bits per heavy atom. The summed E-state index contributed by atoms with van der Waals surface area (Å²) < 4.78 is 5.52. The Morgan fingerprint density at radius 3 is 2.24 bits per heavy atom. The van der Waals surface area contributed by atoms with E-state index in [9.17, 15) is 9.90 Å². The summed E-state index contributed by atoms with van der Waals surface area (Å²) >= 11 is 0. The van der Waals surface area contributed by atoms with Crippen molar-refractivity contribution in [3.05, 3.63) is 59.7 Å². The summed E-state index contributed by atoms with van der Waals surface area (Å²) in [7, 11) is 0. The number of carbonyl (C=O) groups excluding carboxylic acids is 1. The normalized spacial score (nSPS) is 17.2. The van der Waals surface area contributed by atoms with Gasteiger partial charge in [0.1, 0.15) is 12.0 Å². The molecule has 0 unspecified atom stereocenters. The number of ether oxygens (including phenoxy) is 1. The van der Waals surface area contributed by atoms with Crippen LogP contribution in [0.15, 0.2) is 48.5 Å². The lowest BCUT2D eigenvalue weighted by Gasteiger charge is -2.43. The lowest BCUT2D eigenvalue weighted by Crippen LogP contribution is -2.59. The molecule has 1 saturated heterocycles. The Hall–Kier alpha value is -2.84. The van der Waals surface area contributed by atoms with Crippen LogP contribution < -0.4 is 0 Å². The van der Waals surface area contributed by atoms with Crippen molar-refractivity contribution < 1.29 is 14.6 Å². The highest BCUT2D eigenvalue weighted by Crippen LogP contribution is 2.44. The SMILES string of the molecule is N#CC1(CO)CN(C(=O)OCC2c3ccccc3-c3ccccc32)C1. The second-order valence-corrected chi connectivity index (χ2v) is 6.71.